The molecule has 0 aromatic heterocycles. The second kappa shape index (κ2) is 6.85. The number of rotatable bonds is 4. The molecule has 120 valence electrons. The van der Waals surface area contributed by atoms with Gasteiger partial charge in [-0.25, -0.2) is 4.79 Å². The van der Waals surface area contributed by atoms with Gasteiger partial charge in [0.25, 0.3) is 6.04 Å². The van der Waals surface area contributed by atoms with Gasteiger partial charge in [-0.05, 0) is 12.5 Å². The SMILES string of the molecule is CCOC(=O)[C@H]1OC(O)[C@H](C)[C@@H](c2ccccc2)[C@H]1[N+](=O)[O-]. The molecular weight excluding hydrogens is 290 g/mol. The van der Waals surface area contributed by atoms with Gasteiger partial charge in [0.2, 0.25) is 6.10 Å². The molecular formula is C15H19NO6. The van der Waals surface area contributed by atoms with Crippen molar-refractivity contribution in [3.8, 4) is 0 Å². The summed E-state index contributed by atoms with van der Waals surface area (Å²) < 4.78 is 10.0. The summed E-state index contributed by atoms with van der Waals surface area (Å²) in [4.78, 5) is 23.0. The molecule has 1 unspecified atom stereocenters. The fourth-order valence-corrected chi connectivity index (χ4v) is 2.87. The Balaban J connectivity index is 2.42. The number of ether oxygens (including phenoxy) is 2. The maximum absolute atomic E-state index is 12.0. The van der Waals surface area contributed by atoms with Crippen LogP contribution in [0.1, 0.15) is 25.3 Å². The molecule has 1 fully saturated rings. The molecule has 0 spiro atoms. The Kier molecular flexibility index (Phi) is 5.10. The third kappa shape index (κ3) is 3.10. The van der Waals surface area contributed by atoms with Crippen molar-refractivity contribution < 1.29 is 24.3 Å². The van der Waals surface area contributed by atoms with E-state index in [1.807, 2.05) is 0 Å². The van der Waals surface area contributed by atoms with Gasteiger partial charge in [0.05, 0.1) is 12.5 Å². The van der Waals surface area contributed by atoms with Crippen LogP contribution < -0.4 is 0 Å². The predicted molar refractivity (Wildman–Crippen MR) is 76.6 cm³/mol. The lowest BCUT2D eigenvalue weighted by Crippen LogP contribution is -2.55. The summed E-state index contributed by atoms with van der Waals surface area (Å²) >= 11 is 0. The molecule has 0 saturated carbocycles. The summed E-state index contributed by atoms with van der Waals surface area (Å²) in [6.07, 6.45) is -2.69. The number of carbonyl (C=O) groups is 1. The van der Waals surface area contributed by atoms with Crippen molar-refractivity contribution in [3.63, 3.8) is 0 Å². The summed E-state index contributed by atoms with van der Waals surface area (Å²) in [5.74, 6) is -1.99. The van der Waals surface area contributed by atoms with E-state index in [1.54, 1.807) is 44.2 Å². The Morgan fingerprint density at radius 3 is 2.59 bits per heavy atom. The number of hydrogen-bond acceptors (Lipinski definition) is 6. The lowest BCUT2D eigenvalue weighted by molar-refractivity contribution is -0.549. The third-order valence-electron chi connectivity index (χ3n) is 3.93. The van der Waals surface area contributed by atoms with Crippen LogP contribution in [0.15, 0.2) is 30.3 Å². The van der Waals surface area contributed by atoms with Crippen molar-refractivity contribution in [2.45, 2.75) is 38.2 Å². The van der Waals surface area contributed by atoms with Crippen LogP contribution in [0.3, 0.4) is 0 Å². The zero-order chi connectivity index (χ0) is 16.3. The minimum atomic E-state index is -1.42. The Labute approximate surface area is 128 Å². The maximum Gasteiger partial charge on any atom is 0.342 e. The van der Waals surface area contributed by atoms with Gasteiger partial charge in [0, 0.05) is 10.8 Å². The molecule has 5 atom stereocenters. The van der Waals surface area contributed by atoms with E-state index < -0.39 is 41.2 Å². The van der Waals surface area contributed by atoms with Gasteiger partial charge in [0.15, 0.2) is 6.29 Å². The van der Waals surface area contributed by atoms with E-state index >= 15 is 0 Å². The van der Waals surface area contributed by atoms with Crippen LogP contribution in [0.5, 0.6) is 0 Å². The molecule has 0 amide bonds. The van der Waals surface area contributed by atoms with Crippen LogP contribution in [0.25, 0.3) is 0 Å². The number of aliphatic hydroxyl groups is 1. The lowest BCUT2D eigenvalue weighted by Gasteiger charge is -2.38. The first-order valence-corrected chi connectivity index (χ1v) is 7.16. The number of carbonyl (C=O) groups excluding carboxylic acids is 1. The van der Waals surface area contributed by atoms with E-state index in [9.17, 15) is 20.0 Å². The normalized spacial score (nSPS) is 31.5. The van der Waals surface area contributed by atoms with Crippen molar-refractivity contribution in [1.82, 2.24) is 0 Å². The number of benzene rings is 1. The summed E-state index contributed by atoms with van der Waals surface area (Å²) in [6, 6.07) is 7.52. The van der Waals surface area contributed by atoms with Crippen LogP contribution >= 0.6 is 0 Å². The number of esters is 1. The van der Waals surface area contributed by atoms with Crippen LogP contribution in [0.4, 0.5) is 0 Å². The fraction of sp³-hybridized carbons (Fsp3) is 0.533. The summed E-state index contributed by atoms with van der Waals surface area (Å²) in [5.41, 5.74) is 0.688. The second-order valence-corrected chi connectivity index (χ2v) is 5.27. The highest BCUT2D eigenvalue weighted by Gasteiger charge is 2.54. The molecule has 2 rings (SSSR count). The van der Waals surface area contributed by atoms with Crippen molar-refractivity contribution in [1.29, 1.82) is 0 Å². The molecule has 7 nitrogen and oxygen atoms in total. The van der Waals surface area contributed by atoms with Crippen molar-refractivity contribution in [2.75, 3.05) is 6.61 Å². The molecule has 7 heteroatoms. The Morgan fingerprint density at radius 2 is 2.05 bits per heavy atom. The molecule has 0 bridgehead atoms. The summed E-state index contributed by atoms with van der Waals surface area (Å²) in [6.45, 7) is 3.36. The number of nitrogens with zero attached hydrogens (tertiary/aromatic N) is 1. The largest absolute Gasteiger partial charge is 0.464 e. The minimum absolute atomic E-state index is 0.0881. The average Bonchev–Trinajstić information content (AvgIpc) is 2.50. The Hall–Kier alpha value is -1.99. The molecule has 22 heavy (non-hydrogen) atoms. The highest BCUT2D eigenvalue weighted by Crippen LogP contribution is 2.39. The molecule has 1 aromatic rings. The minimum Gasteiger partial charge on any atom is -0.464 e. The van der Waals surface area contributed by atoms with Crippen LogP contribution in [-0.4, -0.2) is 41.0 Å². The highest BCUT2D eigenvalue weighted by atomic mass is 16.7. The first-order valence-electron chi connectivity index (χ1n) is 7.16. The van der Waals surface area contributed by atoms with Crippen LogP contribution in [0.2, 0.25) is 0 Å². The van der Waals surface area contributed by atoms with Crippen molar-refractivity contribution in [2.24, 2.45) is 5.92 Å². The monoisotopic (exact) mass is 309 g/mol. The maximum atomic E-state index is 12.0. The van der Waals surface area contributed by atoms with E-state index in [4.69, 9.17) is 9.47 Å². The molecule has 0 radical (unpaired) electrons. The van der Waals surface area contributed by atoms with Crippen LogP contribution in [0, 0.1) is 16.0 Å². The van der Waals surface area contributed by atoms with Gasteiger partial charge in [-0.3, -0.25) is 10.1 Å². The summed E-state index contributed by atoms with van der Waals surface area (Å²) in [7, 11) is 0. The average molecular weight is 309 g/mol. The van der Waals surface area contributed by atoms with Gasteiger partial charge >= 0.3 is 5.97 Å². The van der Waals surface area contributed by atoms with Gasteiger partial charge in [-0.2, -0.15) is 0 Å². The molecule has 1 N–H and O–H groups in total. The standard InChI is InChI=1S/C15H19NO6/c1-3-21-15(18)13-12(16(19)20)11(9(2)14(17)22-13)10-7-5-4-6-8-10/h4-9,11-14,17H,3H2,1-2H3/t9-,11+,12-,13+,14?/m1/s1. The van der Waals surface area contributed by atoms with E-state index in [2.05, 4.69) is 0 Å². The highest BCUT2D eigenvalue weighted by molar-refractivity contribution is 5.76. The third-order valence-corrected chi connectivity index (χ3v) is 3.93. The molecule has 1 heterocycles. The zero-order valence-electron chi connectivity index (χ0n) is 12.4. The number of aliphatic hydroxyl groups excluding tert-OH is 1. The van der Waals surface area contributed by atoms with E-state index in [1.165, 1.54) is 0 Å². The molecule has 1 aliphatic rings. The van der Waals surface area contributed by atoms with E-state index in [0.29, 0.717) is 5.56 Å². The van der Waals surface area contributed by atoms with E-state index in [0.717, 1.165) is 0 Å². The molecule has 1 aliphatic heterocycles. The lowest BCUT2D eigenvalue weighted by atomic mass is 9.77. The zero-order valence-corrected chi connectivity index (χ0v) is 12.4. The van der Waals surface area contributed by atoms with Gasteiger partial charge in [0.1, 0.15) is 0 Å². The predicted octanol–water partition coefficient (Wildman–Crippen LogP) is 1.33. The van der Waals surface area contributed by atoms with E-state index in [-0.39, 0.29) is 6.61 Å². The molecule has 0 aliphatic carbocycles. The quantitative estimate of drug-likeness (QED) is 0.512. The van der Waals surface area contributed by atoms with Gasteiger partial charge in [-0.1, -0.05) is 37.3 Å². The first kappa shape index (κ1) is 16.4. The van der Waals surface area contributed by atoms with Crippen LogP contribution in [-0.2, 0) is 14.3 Å². The molecule has 1 aromatic carbocycles. The fourth-order valence-electron chi connectivity index (χ4n) is 2.87. The number of nitro groups is 1. The van der Waals surface area contributed by atoms with Gasteiger partial charge < -0.3 is 14.6 Å². The Morgan fingerprint density at radius 1 is 1.41 bits per heavy atom. The smallest absolute Gasteiger partial charge is 0.342 e. The Bertz CT molecular complexity index is 534. The first-order chi connectivity index (χ1) is 10.5. The van der Waals surface area contributed by atoms with Gasteiger partial charge in [-0.15, -0.1) is 0 Å². The van der Waals surface area contributed by atoms with Crippen molar-refractivity contribution >= 4 is 5.97 Å². The van der Waals surface area contributed by atoms with Crippen molar-refractivity contribution in [3.05, 3.63) is 46.0 Å². The number of hydrogen-bond donors (Lipinski definition) is 1. The topological polar surface area (TPSA) is 98.9 Å². The second-order valence-electron chi connectivity index (χ2n) is 5.27. The summed E-state index contributed by atoms with van der Waals surface area (Å²) in [5, 5.41) is 21.6. The molecule has 1 saturated heterocycles.